The van der Waals surface area contributed by atoms with Crippen LogP contribution in [0.15, 0.2) is 43.0 Å². The lowest BCUT2D eigenvalue weighted by Gasteiger charge is -2.56. The van der Waals surface area contributed by atoms with Crippen LogP contribution in [0.3, 0.4) is 0 Å². The third-order valence-electron chi connectivity index (χ3n) is 6.95. The Hall–Kier alpha value is -2.63. The molecule has 2 N–H and O–H groups in total. The molecule has 4 fully saturated rings. The Balaban J connectivity index is 1.16. The number of nitrogens with zero attached hydrogens (tertiary/aromatic N) is 2. The van der Waals surface area contributed by atoms with Crippen LogP contribution >= 0.6 is 0 Å². The van der Waals surface area contributed by atoms with Crippen molar-refractivity contribution in [2.75, 3.05) is 0 Å². The maximum Gasteiger partial charge on any atom is 0.269 e. The molecule has 0 aliphatic heterocycles. The molecule has 2 amide bonds. The van der Waals surface area contributed by atoms with Crippen molar-refractivity contribution in [2.45, 2.75) is 44.9 Å². The summed E-state index contributed by atoms with van der Waals surface area (Å²) in [5, 5.41) is 0. The van der Waals surface area contributed by atoms with E-state index in [2.05, 4.69) is 15.8 Å². The van der Waals surface area contributed by atoms with Gasteiger partial charge in [-0.05, 0) is 86.0 Å². The summed E-state index contributed by atoms with van der Waals surface area (Å²) >= 11 is 0. The second-order valence-corrected chi connectivity index (χ2v) is 9.11. The van der Waals surface area contributed by atoms with Crippen molar-refractivity contribution in [3.8, 4) is 5.69 Å². The number of hydrazine groups is 1. The van der Waals surface area contributed by atoms with Crippen LogP contribution in [0.5, 0.6) is 0 Å². The van der Waals surface area contributed by atoms with Gasteiger partial charge in [0, 0.05) is 30.1 Å². The predicted molar refractivity (Wildman–Crippen MR) is 104 cm³/mol. The molecule has 0 atom stereocenters. The van der Waals surface area contributed by atoms with Gasteiger partial charge in [0.1, 0.15) is 0 Å². The average molecular weight is 378 g/mol. The molecule has 2 aromatic rings. The molecule has 0 spiro atoms. The molecule has 1 aromatic heterocycles. The zero-order chi connectivity index (χ0) is 19.1. The van der Waals surface area contributed by atoms with Crippen LogP contribution in [0.1, 0.15) is 55.3 Å². The maximum atomic E-state index is 12.5. The van der Waals surface area contributed by atoms with Gasteiger partial charge >= 0.3 is 0 Å². The van der Waals surface area contributed by atoms with Crippen molar-refractivity contribution in [1.29, 1.82) is 0 Å². The van der Waals surface area contributed by atoms with Gasteiger partial charge < -0.3 is 4.57 Å². The van der Waals surface area contributed by atoms with Gasteiger partial charge in [-0.25, -0.2) is 4.98 Å². The first kappa shape index (κ1) is 17.5. The molecular weight excluding hydrogens is 352 g/mol. The minimum Gasteiger partial charge on any atom is -0.306 e. The highest BCUT2D eigenvalue weighted by molar-refractivity contribution is 5.95. The molecule has 146 valence electrons. The average Bonchev–Trinajstić information content (AvgIpc) is 3.19. The Morgan fingerprint density at radius 1 is 1.00 bits per heavy atom. The summed E-state index contributed by atoms with van der Waals surface area (Å²) in [5.41, 5.74) is 6.84. The smallest absolute Gasteiger partial charge is 0.269 e. The van der Waals surface area contributed by atoms with Gasteiger partial charge in [-0.2, -0.15) is 0 Å². The molecular formula is C22H26N4O2. The zero-order valence-electron chi connectivity index (χ0n) is 15.9. The number of amides is 2. The summed E-state index contributed by atoms with van der Waals surface area (Å²) in [4.78, 5) is 28.9. The molecule has 1 aromatic carbocycles. The quantitative estimate of drug-likeness (QED) is 0.802. The Kier molecular flexibility index (Phi) is 4.22. The number of benzene rings is 1. The molecule has 0 saturated heterocycles. The van der Waals surface area contributed by atoms with E-state index >= 15 is 0 Å². The first-order chi connectivity index (χ1) is 13.6. The van der Waals surface area contributed by atoms with Crippen molar-refractivity contribution in [3.63, 3.8) is 0 Å². The van der Waals surface area contributed by atoms with Gasteiger partial charge in [0.2, 0.25) is 5.91 Å². The molecule has 4 aliphatic rings. The first-order valence-electron chi connectivity index (χ1n) is 10.3. The summed E-state index contributed by atoms with van der Waals surface area (Å²) in [7, 11) is 0. The van der Waals surface area contributed by atoms with E-state index in [4.69, 9.17) is 0 Å². The number of nitrogens with one attached hydrogen (secondary N) is 2. The summed E-state index contributed by atoms with van der Waals surface area (Å²) in [5.74, 6) is 2.11. The minimum absolute atomic E-state index is 0.0645. The monoisotopic (exact) mass is 378 g/mol. The number of carbonyl (C=O) groups is 2. The number of hydrogen-bond donors (Lipinski definition) is 2. The second kappa shape index (κ2) is 6.76. The Labute approximate surface area is 164 Å². The number of hydrogen-bond acceptors (Lipinski definition) is 3. The van der Waals surface area contributed by atoms with E-state index < -0.39 is 0 Å². The normalized spacial score (nSPS) is 30.2. The van der Waals surface area contributed by atoms with Gasteiger partial charge in [-0.15, -0.1) is 0 Å². The predicted octanol–water partition coefficient (Wildman–Crippen LogP) is 3.24. The third kappa shape index (κ3) is 3.32. The Morgan fingerprint density at radius 3 is 2.21 bits per heavy atom. The third-order valence-corrected chi connectivity index (χ3v) is 6.95. The van der Waals surface area contributed by atoms with Gasteiger partial charge in [0.15, 0.2) is 0 Å². The summed E-state index contributed by atoms with van der Waals surface area (Å²) in [6.07, 6.45) is 13.5. The molecule has 1 heterocycles. The molecule has 0 unspecified atom stereocenters. The molecule has 6 nitrogen and oxygen atoms in total. The van der Waals surface area contributed by atoms with Gasteiger partial charge in [-0.1, -0.05) is 0 Å². The molecule has 28 heavy (non-hydrogen) atoms. The Morgan fingerprint density at radius 2 is 1.64 bits per heavy atom. The molecule has 4 aliphatic carbocycles. The summed E-state index contributed by atoms with van der Waals surface area (Å²) < 4.78 is 1.87. The fourth-order valence-corrected chi connectivity index (χ4v) is 6.29. The largest absolute Gasteiger partial charge is 0.306 e. The van der Waals surface area contributed by atoms with E-state index in [0.717, 1.165) is 23.4 Å². The standard InChI is InChI=1S/C22H26N4O2/c27-20(13-22-10-15-7-16(11-22)9-17(8-15)12-22)24-25-21(28)18-1-3-19(4-2-18)26-6-5-23-14-26/h1-6,14-17H,7-13H2,(H,24,27)(H,25,28). The van der Waals surface area contributed by atoms with Crippen LogP contribution in [0, 0.1) is 23.2 Å². The van der Waals surface area contributed by atoms with Crippen molar-refractivity contribution < 1.29 is 9.59 Å². The van der Waals surface area contributed by atoms with Crippen LogP contribution in [-0.2, 0) is 4.79 Å². The maximum absolute atomic E-state index is 12.5. The van der Waals surface area contributed by atoms with Gasteiger partial charge in [-0.3, -0.25) is 20.4 Å². The van der Waals surface area contributed by atoms with E-state index in [1.807, 2.05) is 22.9 Å². The molecule has 4 saturated carbocycles. The van der Waals surface area contributed by atoms with E-state index in [1.54, 1.807) is 24.7 Å². The summed E-state index contributed by atoms with van der Waals surface area (Å²) in [6.45, 7) is 0. The Bertz CT molecular complexity index is 837. The fraction of sp³-hybridized carbons (Fsp3) is 0.500. The van der Waals surface area contributed by atoms with Crippen LogP contribution in [-0.4, -0.2) is 21.4 Å². The molecule has 6 heteroatoms. The minimum atomic E-state index is -0.295. The topological polar surface area (TPSA) is 76.0 Å². The number of aromatic nitrogens is 2. The van der Waals surface area contributed by atoms with Crippen molar-refractivity contribution in [3.05, 3.63) is 48.5 Å². The van der Waals surface area contributed by atoms with Crippen LogP contribution in [0.2, 0.25) is 0 Å². The first-order valence-corrected chi connectivity index (χ1v) is 10.3. The number of imidazole rings is 1. The summed E-state index contributed by atoms with van der Waals surface area (Å²) in [6, 6.07) is 7.20. The fourth-order valence-electron chi connectivity index (χ4n) is 6.29. The zero-order valence-corrected chi connectivity index (χ0v) is 15.9. The van der Waals surface area contributed by atoms with Gasteiger partial charge in [0.05, 0.1) is 6.33 Å². The number of carbonyl (C=O) groups excluding carboxylic acids is 2. The lowest BCUT2D eigenvalue weighted by molar-refractivity contribution is -0.130. The SMILES string of the molecule is O=C(CC12CC3CC(CC(C3)C1)C2)NNC(=O)c1ccc(-n2ccnc2)cc1. The van der Waals surface area contributed by atoms with Crippen molar-refractivity contribution in [1.82, 2.24) is 20.4 Å². The van der Waals surface area contributed by atoms with E-state index in [9.17, 15) is 9.59 Å². The lowest BCUT2D eigenvalue weighted by atomic mass is 9.49. The molecule has 0 radical (unpaired) electrons. The van der Waals surface area contributed by atoms with Gasteiger partial charge in [0.25, 0.3) is 5.91 Å². The number of rotatable bonds is 4. The van der Waals surface area contributed by atoms with Crippen molar-refractivity contribution >= 4 is 11.8 Å². The highest BCUT2D eigenvalue weighted by atomic mass is 16.2. The molecule has 4 bridgehead atoms. The van der Waals surface area contributed by atoms with Crippen LogP contribution in [0.4, 0.5) is 0 Å². The lowest BCUT2D eigenvalue weighted by Crippen LogP contribution is -2.50. The van der Waals surface area contributed by atoms with Crippen LogP contribution in [0.25, 0.3) is 5.69 Å². The highest BCUT2D eigenvalue weighted by Crippen LogP contribution is 2.61. The van der Waals surface area contributed by atoms with Crippen LogP contribution < -0.4 is 10.9 Å². The highest BCUT2D eigenvalue weighted by Gasteiger charge is 2.51. The van der Waals surface area contributed by atoms with Crippen molar-refractivity contribution in [2.24, 2.45) is 23.2 Å². The van der Waals surface area contributed by atoms with E-state index in [1.165, 1.54) is 38.5 Å². The molecule has 6 rings (SSSR count). The van der Waals surface area contributed by atoms with E-state index in [0.29, 0.717) is 12.0 Å². The second-order valence-electron chi connectivity index (χ2n) is 9.11. The van der Waals surface area contributed by atoms with E-state index in [-0.39, 0.29) is 17.2 Å².